The van der Waals surface area contributed by atoms with Crippen LogP contribution in [0.3, 0.4) is 0 Å². The van der Waals surface area contributed by atoms with Crippen molar-refractivity contribution in [2.75, 3.05) is 26.7 Å². The minimum absolute atomic E-state index is 0.0911. The minimum atomic E-state index is -0.340. The lowest BCUT2D eigenvalue weighted by Gasteiger charge is -2.28. The van der Waals surface area contributed by atoms with E-state index in [1.54, 1.807) is 25.3 Å². The van der Waals surface area contributed by atoms with Crippen molar-refractivity contribution in [1.82, 2.24) is 10.2 Å². The van der Waals surface area contributed by atoms with Gasteiger partial charge in [-0.05, 0) is 55.8 Å². The number of nitrogens with one attached hydrogen (secondary N) is 1. The van der Waals surface area contributed by atoms with Crippen LogP contribution in [0.25, 0.3) is 6.08 Å². The van der Waals surface area contributed by atoms with Gasteiger partial charge in [-0.1, -0.05) is 30.3 Å². The number of halogens is 1. The summed E-state index contributed by atoms with van der Waals surface area (Å²) in [5.74, 6) is 0.237. The van der Waals surface area contributed by atoms with Gasteiger partial charge in [-0.15, -0.1) is 0 Å². The summed E-state index contributed by atoms with van der Waals surface area (Å²) in [7, 11) is 1.65. The molecule has 5 heteroatoms. The number of hydrogen-bond acceptors (Lipinski definition) is 3. The summed E-state index contributed by atoms with van der Waals surface area (Å²) >= 11 is 0. The summed E-state index contributed by atoms with van der Waals surface area (Å²) < 4.78 is 19.0. The Morgan fingerprint density at radius 2 is 2.00 bits per heavy atom. The van der Waals surface area contributed by atoms with Gasteiger partial charge in [-0.25, -0.2) is 4.39 Å². The highest BCUT2D eigenvalue weighted by molar-refractivity contribution is 5.91. The van der Waals surface area contributed by atoms with E-state index in [0.717, 1.165) is 24.4 Å². The van der Waals surface area contributed by atoms with Crippen molar-refractivity contribution in [2.24, 2.45) is 0 Å². The number of amides is 1. The molecule has 27 heavy (non-hydrogen) atoms. The lowest BCUT2D eigenvalue weighted by atomic mass is 10.0. The number of ether oxygens (including phenoxy) is 1. The molecule has 1 amide bonds. The van der Waals surface area contributed by atoms with Gasteiger partial charge in [0.15, 0.2) is 0 Å². The first-order valence-electron chi connectivity index (χ1n) is 9.26. The lowest BCUT2D eigenvalue weighted by molar-refractivity contribution is -0.116. The topological polar surface area (TPSA) is 41.6 Å². The van der Waals surface area contributed by atoms with Crippen LogP contribution in [0.1, 0.15) is 30.0 Å². The molecule has 3 rings (SSSR count). The molecule has 1 unspecified atom stereocenters. The first-order valence-corrected chi connectivity index (χ1v) is 9.26. The number of benzene rings is 2. The smallest absolute Gasteiger partial charge is 0.244 e. The van der Waals surface area contributed by atoms with Crippen LogP contribution in [0.2, 0.25) is 0 Å². The number of nitrogens with zero attached hydrogens (tertiary/aromatic N) is 1. The summed E-state index contributed by atoms with van der Waals surface area (Å²) in [5, 5.41) is 2.95. The van der Waals surface area contributed by atoms with Crippen molar-refractivity contribution in [3.8, 4) is 5.75 Å². The molecule has 1 aliphatic rings. The fourth-order valence-electron chi connectivity index (χ4n) is 3.39. The third kappa shape index (κ3) is 5.17. The highest BCUT2D eigenvalue weighted by Gasteiger charge is 2.24. The molecule has 1 fully saturated rings. The molecule has 0 aliphatic carbocycles. The Kier molecular flexibility index (Phi) is 6.60. The fourth-order valence-corrected chi connectivity index (χ4v) is 3.39. The van der Waals surface area contributed by atoms with Crippen molar-refractivity contribution in [3.05, 3.63) is 71.6 Å². The Morgan fingerprint density at radius 1 is 1.22 bits per heavy atom. The molecule has 2 aromatic carbocycles. The molecule has 0 radical (unpaired) electrons. The van der Waals surface area contributed by atoms with Gasteiger partial charge in [0.1, 0.15) is 11.6 Å². The zero-order chi connectivity index (χ0) is 19.1. The van der Waals surface area contributed by atoms with Crippen LogP contribution in [0.5, 0.6) is 5.75 Å². The molecule has 142 valence electrons. The molecule has 2 aromatic rings. The summed E-state index contributed by atoms with van der Waals surface area (Å²) in [4.78, 5) is 14.6. The third-order valence-corrected chi connectivity index (χ3v) is 4.85. The number of methoxy groups -OCH3 is 1. The Balaban J connectivity index is 1.67. The van der Waals surface area contributed by atoms with E-state index >= 15 is 0 Å². The van der Waals surface area contributed by atoms with Gasteiger partial charge in [0, 0.05) is 18.2 Å². The Morgan fingerprint density at radius 3 is 2.74 bits per heavy atom. The van der Waals surface area contributed by atoms with Gasteiger partial charge in [0.2, 0.25) is 5.91 Å². The summed E-state index contributed by atoms with van der Waals surface area (Å²) in [5.41, 5.74) is 1.52. The molecule has 1 heterocycles. The first-order chi connectivity index (χ1) is 13.2. The van der Waals surface area contributed by atoms with Crippen LogP contribution in [-0.4, -0.2) is 37.6 Å². The number of carbonyl (C=O) groups excluding carboxylic acids is 1. The Labute approximate surface area is 159 Å². The third-order valence-electron chi connectivity index (χ3n) is 4.85. The van der Waals surface area contributed by atoms with Crippen LogP contribution in [-0.2, 0) is 4.79 Å². The van der Waals surface area contributed by atoms with E-state index in [-0.39, 0.29) is 17.8 Å². The zero-order valence-electron chi connectivity index (χ0n) is 15.5. The van der Waals surface area contributed by atoms with Crippen molar-refractivity contribution in [2.45, 2.75) is 18.9 Å². The van der Waals surface area contributed by atoms with E-state index in [9.17, 15) is 9.18 Å². The van der Waals surface area contributed by atoms with Crippen LogP contribution in [0, 0.1) is 5.82 Å². The van der Waals surface area contributed by atoms with Crippen LogP contribution in [0.15, 0.2) is 54.6 Å². The predicted octanol–water partition coefficient (Wildman–Crippen LogP) is 3.80. The van der Waals surface area contributed by atoms with Gasteiger partial charge in [0.05, 0.1) is 13.2 Å². The molecular formula is C22H25FN2O2. The van der Waals surface area contributed by atoms with Gasteiger partial charge < -0.3 is 10.1 Å². The second-order valence-electron chi connectivity index (χ2n) is 6.64. The molecule has 0 saturated carbocycles. The fraction of sp³-hybridized carbons (Fsp3) is 0.318. The van der Waals surface area contributed by atoms with Gasteiger partial charge >= 0.3 is 0 Å². The van der Waals surface area contributed by atoms with Crippen LogP contribution >= 0.6 is 0 Å². The number of carbonyl (C=O) groups is 1. The predicted molar refractivity (Wildman–Crippen MR) is 105 cm³/mol. The SMILES string of the molecule is COc1cccc(C(CNC(=O)/C=C/c2ccccc2F)N2CCCC2)c1. The quantitative estimate of drug-likeness (QED) is 0.756. The van der Waals surface area contributed by atoms with E-state index in [4.69, 9.17) is 4.74 Å². The van der Waals surface area contributed by atoms with Gasteiger partial charge in [-0.3, -0.25) is 9.69 Å². The maximum atomic E-state index is 13.6. The Hall–Kier alpha value is -2.66. The second-order valence-corrected chi connectivity index (χ2v) is 6.64. The Bertz CT molecular complexity index is 800. The van der Waals surface area contributed by atoms with Crippen molar-refractivity contribution < 1.29 is 13.9 Å². The van der Waals surface area contributed by atoms with E-state index in [0.29, 0.717) is 12.1 Å². The van der Waals surface area contributed by atoms with E-state index in [2.05, 4.69) is 16.3 Å². The van der Waals surface area contributed by atoms with Crippen molar-refractivity contribution in [3.63, 3.8) is 0 Å². The van der Waals surface area contributed by atoms with Gasteiger partial charge in [0.25, 0.3) is 0 Å². The maximum absolute atomic E-state index is 13.6. The zero-order valence-corrected chi connectivity index (χ0v) is 15.5. The van der Waals surface area contributed by atoms with E-state index in [1.807, 2.05) is 18.2 Å². The molecule has 1 N–H and O–H groups in total. The average molecular weight is 368 g/mol. The monoisotopic (exact) mass is 368 g/mol. The molecule has 1 saturated heterocycles. The second kappa shape index (κ2) is 9.33. The summed E-state index contributed by atoms with van der Waals surface area (Å²) in [6.07, 6.45) is 5.22. The highest BCUT2D eigenvalue weighted by Crippen LogP contribution is 2.27. The molecule has 4 nitrogen and oxygen atoms in total. The molecule has 1 aliphatic heterocycles. The lowest BCUT2D eigenvalue weighted by Crippen LogP contribution is -2.36. The first kappa shape index (κ1) is 19.1. The molecular weight excluding hydrogens is 343 g/mol. The van der Waals surface area contributed by atoms with Crippen molar-refractivity contribution >= 4 is 12.0 Å². The molecule has 0 spiro atoms. The minimum Gasteiger partial charge on any atom is -0.497 e. The van der Waals surface area contributed by atoms with Crippen LogP contribution in [0.4, 0.5) is 4.39 Å². The number of hydrogen-bond donors (Lipinski definition) is 1. The van der Waals surface area contributed by atoms with E-state index < -0.39 is 0 Å². The van der Waals surface area contributed by atoms with Crippen molar-refractivity contribution in [1.29, 1.82) is 0 Å². The number of rotatable bonds is 7. The molecule has 0 aromatic heterocycles. The largest absolute Gasteiger partial charge is 0.497 e. The highest BCUT2D eigenvalue weighted by atomic mass is 19.1. The number of likely N-dealkylation sites (tertiary alicyclic amines) is 1. The maximum Gasteiger partial charge on any atom is 0.244 e. The normalized spacial score (nSPS) is 15.8. The van der Waals surface area contributed by atoms with E-state index in [1.165, 1.54) is 31.1 Å². The van der Waals surface area contributed by atoms with Crippen LogP contribution < -0.4 is 10.1 Å². The summed E-state index contributed by atoms with van der Waals surface area (Å²) in [6.45, 7) is 2.53. The standard InChI is InChI=1S/C22H25FN2O2/c1-27-19-9-6-8-18(15-19)21(25-13-4-5-14-25)16-24-22(26)12-11-17-7-2-3-10-20(17)23/h2-3,6-12,15,21H,4-5,13-14,16H2,1H3,(H,24,26)/b12-11+. The molecule has 0 bridgehead atoms. The molecule has 1 atom stereocenters. The summed E-state index contributed by atoms with van der Waals surface area (Å²) in [6, 6.07) is 14.4. The van der Waals surface area contributed by atoms with Gasteiger partial charge in [-0.2, -0.15) is 0 Å². The average Bonchev–Trinajstić information content (AvgIpc) is 3.22.